The molecule has 0 bridgehead atoms. The molecule has 2 rings (SSSR count). The molecule has 0 saturated heterocycles. The first kappa shape index (κ1) is 21.6. The lowest BCUT2D eigenvalue weighted by molar-refractivity contribution is -0.274. The molecule has 0 radical (unpaired) electrons. The van der Waals surface area contributed by atoms with E-state index in [2.05, 4.69) is 10.1 Å². The first-order valence-electron chi connectivity index (χ1n) is 8.25. The molecule has 1 N–H and O–H groups in total. The highest BCUT2D eigenvalue weighted by molar-refractivity contribution is 7.98. The Balaban J connectivity index is 1.63. The molecule has 150 valence electrons. The maximum absolute atomic E-state index is 12.1. The van der Waals surface area contributed by atoms with Gasteiger partial charge in [0, 0.05) is 18.1 Å². The number of hydrogen-bond acceptors (Lipinski definition) is 5. The van der Waals surface area contributed by atoms with Crippen LogP contribution in [0.2, 0.25) is 0 Å². The van der Waals surface area contributed by atoms with Gasteiger partial charge in [0.15, 0.2) is 6.61 Å². The van der Waals surface area contributed by atoms with Gasteiger partial charge >= 0.3 is 12.3 Å². The molecule has 0 spiro atoms. The van der Waals surface area contributed by atoms with Crippen molar-refractivity contribution in [1.29, 1.82) is 0 Å². The molecule has 0 saturated carbocycles. The minimum absolute atomic E-state index is 0.0146. The van der Waals surface area contributed by atoms with Gasteiger partial charge in [-0.1, -0.05) is 30.3 Å². The van der Waals surface area contributed by atoms with Crippen LogP contribution in [0.5, 0.6) is 5.75 Å². The topological polar surface area (TPSA) is 64.6 Å². The van der Waals surface area contributed by atoms with Gasteiger partial charge in [0.1, 0.15) is 5.75 Å². The zero-order valence-corrected chi connectivity index (χ0v) is 15.5. The van der Waals surface area contributed by atoms with Crippen LogP contribution in [0.3, 0.4) is 0 Å². The van der Waals surface area contributed by atoms with Crippen molar-refractivity contribution in [3.63, 3.8) is 0 Å². The Morgan fingerprint density at radius 3 is 2.32 bits per heavy atom. The van der Waals surface area contributed by atoms with Crippen LogP contribution in [0.4, 0.5) is 13.2 Å². The van der Waals surface area contributed by atoms with Crippen molar-refractivity contribution in [1.82, 2.24) is 5.32 Å². The summed E-state index contributed by atoms with van der Waals surface area (Å²) in [5.41, 5.74) is 1.21. The quantitative estimate of drug-likeness (QED) is 0.501. The lowest BCUT2D eigenvalue weighted by Gasteiger charge is -2.09. The van der Waals surface area contributed by atoms with Gasteiger partial charge < -0.3 is 14.8 Å². The van der Waals surface area contributed by atoms with Crippen molar-refractivity contribution in [3.05, 3.63) is 65.7 Å². The second-order valence-electron chi connectivity index (χ2n) is 5.54. The van der Waals surface area contributed by atoms with Crippen molar-refractivity contribution in [3.8, 4) is 5.75 Å². The van der Waals surface area contributed by atoms with Crippen LogP contribution in [0.25, 0.3) is 0 Å². The lowest BCUT2D eigenvalue weighted by Crippen LogP contribution is -2.30. The van der Waals surface area contributed by atoms with Crippen LogP contribution in [0.15, 0.2) is 54.6 Å². The third-order valence-electron chi connectivity index (χ3n) is 3.34. The monoisotopic (exact) mass is 413 g/mol. The second kappa shape index (κ2) is 10.6. The van der Waals surface area contributed by atoms with Gasteiger partial charge in [0.05, 0.1) is 5.56 Å². The Morgan fingerprint density at radius 1 is 1.00 bits per heavy atom. The van der Waals surface area contributed by atoms with Crippen LogP contribution < -0.4 is 10.1 Å². The van der Waals surface area contributed by atoms with Crippen molar-refractivity contribution >= 4 is 23.6 Å². The van der Waals surface area contributed by atoms with E-state index in [0.717, 1.165) is 30.0 Å². The Labute approximate surface area is 164 Å². The highest BCUT2D eigenvalue weighted by Gasteiger charge is 2.31. The fourth-order valence-electron chi connectivity index (χ4n) is 2.09. The number of benzene rings is 2. The SMILES string of the molecule is O=C(COC(=O)c1ccc(OC(F)(F)F)cc1)NCCSCc1ccccc1. The number of carbonyl (C=O) groups is 2. The van der Waals surface area contributed by atoms with Crippen molar-refractivity contribution in [2.24, 2.45) is 0 Å². The molecule has 9 heteroatoms. The molecule has 0 unspecified atom stereocenters. The normalized spacial score (nSPS) is 11.0. The number of rotatable bonds is 9. The van der Waals surface area contributed by atoms with Crippen molar-refractivity contribution in [2.45, 2.75) is 12.1 Å². The summed E-state index contributed by atoms with van der Waals surface area (Å²) >= 11 is 1.66. The summed E-state index contributed by atoms with van der Waals surface area (Å²) in [5.74, 6) is -0.178. The first-order valence-corrected chi connectivity index (χ1v) is 9.40. The zero-order chi connectivity index (χ0) is 20.4. The van der Waals surface area contributed by atoms with Gasteiger partial charge in [0.25, 0.3) is 5.91 Å². The highest BCUT2D eigenvalue weighted by Crippen LogP contribution is 2.22. The van der Waals surface area contributed by atoms with Crippen LogP contribution in [-0.2, 0) is 15.3 Å². The summed E-state index contributed by atoms with van der Waals surface area (Å²) in [5, 5.41) is 2.63. The van der Waals surface area contributed by atoms with E-state index in [1.165, 1.54) is 5.56 Å². The average molecular weight is 413 g/mol. The summed E-state index contributed by atoms with van der Waals surface area (Å²) in [6.45, 7) is -0.0413. The summed E-state index contributed by atoms with van der Waals surface area (Å²) in [4.78, 5) is 23.5. The number of carbonyl (C=O) groups excluding carboxylic acids is 2. The van der Waals surface area contributed by atoms with Crippen LogP contribution >= 0.6 is 11.8 Å². The van der Waals surface area contributed by atoms with Gasteiger partial charge in [-0.15, -0.1) is 13.2 Å². The largest absolute Gasteiger partial charge is 0.573 e. The number of ether oxygens (including phenoxy) is 2. The number of hydrogen-bond donors (Lipinski definition) is 1. The molecule has 0 aromatic heterocycles. The Hall–Kier alpha value is -2.68. The maximum Gasteiger partial charge on any atom is 0.573 e. The van der Waals surface area contributed by atoms with E-state index in [1.807, 2.05) is 30.3 Å². The van der Waals surface area contributed by atoms with E-state index in [4.69, 9.17) is 4.74 Å². The molecule has 0 aliphatic carbocycles. The predicted molar refractivity (Wildman–Crippen MR) is 99.0 cm³/mol. The van der Waals surface area contributed by atoms with Gasteiger partial charge in [0.2, 0.25) is 0 Å². The Morgan fingerprint density at radius 2 is 1.68 bits per heavy atom. The van der Waals surface area contributed by atoms with Crippen LogP contribution in [-0.4, -0.2) is 37.1 Å². The fraction of sp³-hybridized carbons (Fsp3) is 0.263. The highest BCUT2D eigenvalue weighted by atomic mass is 32.2. The summed E-state index contributed by atoms with van der Waals surface area (Å²) in [7, 11) is 0. The molecule has 1 amide bonds. The molecule has 5 nitrogen and oxygen atoms in total. The van der Waals surface area contributed by atoms with E-state index in [0.29, 0.717) is 12.3 Å². The fourth-order valence-corrected chi connectivity index (χ4v) is 2.90. The molecule has 0 atom stereocenters. The molecule has 0 fully saturated rings. The van der Waals surface area contributed by atoms with E-state index in [9.17, 15) is 22.8 Å². The average Bonchev–Trinajstić information content (AvgIpc) is 2.66. The first-order chi connectivity index (χ1) is 13.3. The smallest absolute Gasteiger partial charge is 0.452 e. The second-order valence-corrected chi connectivity index (χ2v) is 6.64. The van der Waals surface area contributed by atoms with Gasteiger partial charge in [-0.25, -0.2) is 4.79 Å². The van der Waals surface area contributed by atoms with Gasteiger partial charge in [-0.05, 0) is 29.8 Å². The zero-order valence-electron chi connectivity index (χ0n) is 14.7. The molecule has 0 aliphatic heterocycles. The van der Waals surface area contributed by atoms with E-state index >= 15 is 0 Å². The van der Waals surface area contributed by atoms with E-state index in [1.54, 1.807) is 11.8 Å². The number of esters is 1. The van der Waals surface area contributed by atoms with Gasteiger partial charge in [-0.3, -0.25) is 4.79 Å². The van der Waals surface area contributed by atoms with E-state index < -0.39 is 30.6 Å². The third kappa shape index (κ3) is 8.34. The Kier molecular flexibility index (Phi) is 8.19. The van der Waals surface area contributed by atoms with Crippen LogP contribution in [0.1, 0.15) is 15.9 Å². The molecule has 0 heterocycles. The maximum atomic E-state index is 12.1. The number of alkyl halides is 3. The summed E-state index contributed by atoms with van der Waals surface area (Å²) in [6.07, 6.45) is -4.81. The van der Waals surface area contributed by atoms with E-state index in [-0.39, 0.29) is 5.56 Å². The third-order valence-corrected chi connectivity index (χ3v) is 4.37. The number of nitrogens with one attached hydrogen (secondary N) is 1. The standard InChI is InChI=1S/C19H18F3NO4S/c20-19(21,22)27-16-8-6-15(7-9-16)18(25)26-12-17(24)23-10-11-28-13-14-4-2-1-3-5-14/h1-9H,10-13H2,(H,23,24). The van der Waals surface area contributed by atoms with Crippen LogP contribution in [0, 0.1) is 0 Å². The predicted octanol–water partition coefficient (Wildman–Crippen LogP) is 3.79. The molecule has 28 heavy (non-hydrogen) atoms. The van der Waals surface area contributed by atoms with Crippen molar-refractivity contribution < 1.29 is 32.2 Å². The van der Waals surface area contributed by atoms with Crippen molar-refractivity contribution in [2.75, 3.05) is 18.9 Å². The number of thioether (sulfide) groups is 1. The summed E-state index contributed by atoms with van der Waals surface area (Å²) < 4.78 is 44.8. The minimum Gasteiger partial charge on any atom is -0.452 e. The minimum atomic E-state index is -4.81. The molecular formula is C19H18F3NO4S. The number of halogens is 3. The molecule has 2 aromatic rings. The van der Waals surface area contributed by atoms with Gasteiger partial charge in [-0.2, -0.15) is 11.8 Å². The summed E-state index contributed by atoms with van der Waals surface area (Å²) in [6, 6.07) is 14.1. The molecular weight excluding hydrogens is 395 g/mol. The molecule has 2 aromatic carbocycles. The lowest BCUT2D eigenvalue weighted by atomic mass is 10.2. The Bertz CT molecular complexity index is 767. The number of amides is 1. The molecule has 0 aliphatic rings.